The Morgan fingerprint density at radius 2 is 2.00 bits per heavy atom. The molecule has 2 atom stereocenters. The Balaban J connectivity index is 2.31. The van der Waals surface area contributed by atoms with E-state index in [1.54, 1.807) is 0 Å². The van der Waals surface area contributed by atoms with Gasteiger partial charge in [0.15, 0.2) is 0 Å². The molecule has 0 bridgehead atoms. The smallest absolute Gasteiger partial charge is 0.337 e. The van der Waals surface area contributed by atoms with Crippen LogP contribution in [0.15, 0.2) is 29.2 Å². The summed E-state index contributed by atoms with van der Waals surface area (Å²) < 4.78 is 31.2. The Bertz CT molecular complexity index is 643. The predicted molar refractivity (Wildman–Crippen MR) is 81.0 cm³/mol. The topological polar surface area (TPSA) is 83.9 Å². The summed E-state index contributed by atoms with van der Waals surface area (Å²) in [4.78, 5) is 11.6. The van der Waals surface area contributed by atoms with Crippen LogP contribution in [0.2, 0.25) is 0 Å². The van der Waals surface area contributed by atoms with Crippen molar-refractivity contribution < 1.29 is 23.1 Å². The van der Waals surface area contributed by atoms with E-state index in [2.05, 4.69) is 4.74 Å². The molecule has 0 unspecified atom stereocenters. The van der Waals surface area contributed by atoms with E-state index < -0.39 is 28.1 Å². The number of esters is 1. The second-order valence-corrected chi connectivity index (χ2v) is 7.46. The minimum atomic E-state index is -3.77. The van der Waals surface area contributed by atoms with Crippen LogP contribution in [0, 0.1) is 0 Å². The quantitative estimate of drug-likeness (QED) is 0.845. The molecule has 0 aromatic heterocycles. The number of nitrogens with zero attached hydrogens (tertiary/aromatic N) is 1. The summed E-state index contributed by atoms with van der Waals surface area (Å²) in [6, 6.07) is 5.31. The third kappa shape index (κ3) is 3.31. The van der Waals surface area contributed by atoms with Crippen LogP contribution in [0.1, 0.15) is 36.0 Å². The van der Waals surface area contributed by atoms with Crippen molar-refractivity contribution in [2.45, 2.75) is 42.7 Å². The summed E-state index contributed by atoms with van der Waals surface area (Å²) in [5.41, 5.74) is 0.182. The summed E-state index contributed by atoms with van der Waals surface area (Å²) in [6.45, 7) is 0. The number of hydrogen-bond donors (Lipinski definition) is 1. The third-order valence-electron chi connectivity index (χ3n) is 4.09. The number of aliphatic hydroxyl groups excluding tert-OH is 1. The number of ether oxygens (including phenoxy) is 1. The highest BCUT2D eigenvalue weighted by atomic mass is 32.2. The lowest BCUT2D eigenvalue weighted by atomic mass is 9.93. The minimum absolute atomic E-state index is 0.0238. The Morgan fingerprint density at radius 3 is 2.64 bits per heavy atom. The molecule has 0 spiro atoms. The monoisotopic (exact) mass is 327 g/mol. The SMILES string of the molecule is COC(=O)c1cccc(S(=O)(=O)N(C)[C@@H]2CCCC[C@H]2O)c1. The molecule has 22 heavy (non-hydrogen) atoms. The normalized spacial score (nSPS) is 22.5. The molecule has 1 N–H and O–H groups in total. The summed E-state index contributed by atoms with van der Waals surface area (Å²) in [7, 11) is -1.05. The Labute approximate surface area is 130 Å². The second kappa shape index (κ2) is 6.76. The van der Waals surface area contributed by atoms with E-state index in [-0.39, 0.29) is 10.5 Å². The molecule has 1 fully saturated rings. The van der Waals surface area contributed by atoms with Gasteiger partial charge in [0.05, 0.1) is 29.7 Å². The molecule has 0 radical (unpaired) electrons. The number of sulfonamides is 1. The average Bonchev–Trinajstić information content (AvgIpc) is 2.54. The van der Waals surface area contributed by atoms with Gasteiger partial charge in [0.25, 0.3) is 0 Å². The molecule has 1 aromatic rings. The van der Waals surface area contributed by atoms with Crippen molar-refractivity contribution in [2.75, 3.05) is 14.2 Å². The van der Waals surface area contributed by atoms with Gasteiger partial charge < -0.3 is 9.84 Å². The number of methoxy groups -OCH3 is 1. The van der Waals surface area contributed by atoms with Gasteiger partial charge in [0, 0.05) is 7.05 Å². The van der Waals surface area contributed by atoms with Gasteiger partial charge in [-0.2, -0.15) is 4.31 Å². The molecule has 122 valence electrons. The molecule has 0 aliphatic heterocycles. The maximum Gasteiger partial charge on any atom is 0.337 e. The van der Waals surface area contributed by atoms with Gasteiger partial charge >= 0.3 is 5.97 Å². The lowest BCUT2D eigenvalue weighted by molar-refractivity contribution is 0.0599. The predicted octanol–water partition coefficient (Wildman–Crippen LogP) is 1.40. The van der Waals surface area contributed by atoms with Gasteiger partial charge in [0.1, 0.15) is 0 Å². The zero-order valence-corrected chi connectivity index (χ0v) is 13.5. The molecular formula is C15H21NO5S. The third-order valence-corrected chi connectivity index (χ3v) is 5.97. The molecule has 0 saturated heterocycles. The standard InChI is InChI=1S/C15H21NO5S/c1-16(13-8-3-4-9-14(13)17)22(19,20)12-7-5-6-11(10-12)15(18)21-2/h5-7,10,13-14,17H,3-4,8-9H2,1-2H3/t13-,14-/m1/s1. The fourth-order valence-corrected chi connectivity index (χ4v) is 4.22. The van der Waals surface area contributed by atoms with Crippen molar-refractivity contribution in [1.29, 1.82) is 0 Å². The zero-order chi connectivity index (χ0) is 16.3. The lowest BCUT2D eigenvalue weighted by Gasteiger charge is -2.34. The summed E-state index contributed by atoms with van der Waals surface area (Å²) in [6.07, 6.45) is 2.38. The van der Waals surface area contributed by atoms with Gasteiger partial charge in [-0.15, -0.1) is 0 Å². The van der Waals surface area contributed by atoms with Crippen molar-refractivity contribution in [3.63, 3.8) is 0 Å². The number of likely N-dealkylation sites (N-methyl/N-ethyl adjacent to an activating group) is 1. The van der Waals surface area contributed by atoms with Crippen molar-refractivity contribution in [3.05, 3.63) is 29.8 Å². The summed E-state index contributed by atoms with van der Waals surface area (Å²) >= 11 is 0. The van der Waals surface area contributed by atoms with Crippen molar-refractivity contribution >= 4 is 16.0 Å². The first-order valence-corrected chi connectivity index (χ1v) is 8.66. The molecule has 0 heterocycles. The van der Waals surface area contributed by atoms with Crippen LogP contribution >= 0.6 is 0 Å². The van der Waals surface area contributed by atoms with E-state index in [0.717, 1.165) is 12.8 Å². The maximum atomic E-state index is 12.7. The number of carbonyl (C=O) groups is 1. The van der Waals surface area contributed by atoms with Crippen LogP contribution in [0.4, 0.5) is 0 Å². The molecule has 7 heteroatoms. The molecule has 6 nitrogen and oxygen atoms in total. The number of carbonyl (C=O) groups excluding carboxylic acids is 1. The zero-order valence-electron chi connectivity index (χ0n) is 12.7. The molecular weight excluding hydrogens is 306 g/mol. The van der Waals surface area contributed by atoms with Gasteiger partial charge in [0.2, 0.25) is 10.0 Å². The molecule has 2 rings (SSSR count). The van der Waals surface area contributed by atoms with Crippen molar-refractivity contribution in [2.24, 2.45) is 0 Å². The second-order valence-electron chi connectivity index (χ2n) is 5.46. The molecule has 1 aromatic carbocycles. The van der Waals surface area contributed by atoms with Gasteiger partial charge in [-0.05, 0) is 31.0 Å². The highest BCUT2D eigenvalue weighted by Gasteiger charge is 2.34. The average molecular weight is 327 g/mol. The summed E-state index contributed by atoms with van der Waals surface area (Å²) in [5.74, 6) is -0.586. The van der Waals surface area contributed by atoms with Crippen LogP contribution in [-0.2, 0) is 14.8 Å². The molecule has 1 aliphatic rings. The Hall–Kier alpha value is -1.44. The largest absolute Gasteiger partial charge is 0.465 e. The van der Waals surface area contributed by atoms with Crippen LogP contribution in [-0.4, -0.2) is 50.1 Å². The number of hydrogen-bond acceptors (Lipinski definition) is 5. The van der Waals surface area contributed by atoms with Crippen LogP contribution < -0.4 is 0 Å². The van der Waals surface area contributed by atoms with Gasteiger partial charge in [-0.25, -0.2) is 13.2 Å². The van der Waals surface area contributed by atoms with Crippen LogP contribution in [0.3, 0.4) is 0 Å². The van der Waals surface area contributed by atoms with Crippen LogP contribution in [0.25, 0.3) is 0 Å². The van der Waals surface area contributed by atoms with Crippen LogP contribution in [0.5, 0.6) is 0 Å². The fourth-order valence-electron chi connectivity index (χ4n) is 2.76. The van der Waals surface area contributed by atoms with E-state index in [1.807, 2.05) is 0 Å². The van der Waals surface area contributed by atoms with Gasteiger partial charge in [-0.3, -0.25) is 0 Å². The van der Waals surface area contributed by atoms with E-state index in [1.165, 1.54) is 42.7 Å². The fraction of sp³-hybridized carbons (Fsp3) is 0.533. The van der Waals surface area contributed by atoms with Crippen molar-refractivity contribution in [3.8, 4) is 0 Å². The summed E-state index contributed by atoms with van der Waals surface area (Å²) in [5, 5.41) is 10.1. The highest BCUT2D eigenvalue weighted by Crippen LogP contribution is 2.27. The number of aliphatic hydroxyl groups is 1. The first-order valence-electron chi connectivity index (χ1n) is 7.22. The van der Waals surface area contributed by atoms with Gasteiger partial charge in [-0.1, -0.05) is 18.9 Å². The minimum Gasteiger partial charge on any atom is -0.465 e. The molecule has 1 saturated carbocycles. The first kappa shape index (κ1) is 16.9. The maximum absolute atomic E-state index is 12.7. The molecule has 1 aliphatic carbocycles. The van der Waals surface area contributed by atoms with Crippen molar-refractivity contribution in [1.82, 2.24) is 4.31 Å². The lowest BCUT2D eigenvalue weighted by Crippen LogP contribution is -2.46. The van der Waals surface area contributed by atoms with E-state index in [9.17, 15) is 18.3 Å². The van der Waals surface area contributed by atoms with E-state index in [4.69, 9.17) is 0 Å². The Morgan fingerprint density at radius 1 is 1.32 bits per heavy atom. The number of rotatable bonds is 4. The molecule has 0 amide bonds. The highest BCUT2D eigenvalue weighted by molar-refractivity contribution is 7.89. The Kier molecular flexibility index (Phi) is 5.20. The number of benzene rings is 1. The first-order chi connectivity index (χ1) is 10.4. The van der Waals surface area contributed by atoms with E-state index >= 15 is 0 Å². The van der Waals surface area contributed by atoms with E-state index in [0.29, 0.717) is 12.8 Å².